The van der Waals surface area contributed by atoms with Gasteiger partial charge in [-0.3, -0.25) is 4.79 Å². The number of halogens is 3. The molecule has 0 radical (unpaired) electrons. The number of alkyl halides is 3. The van der Waals surface area contributed by atoms with Crippen LogP contribution in [-0.2, 0) is 15.6 Å². The number of sulfone groups is 1. The molecule has 0 unspecified atom stereocenters. The molecular weight excluding hydrogens is 371 g/mol. The third-order valence-corrected chi connectivity index (χ3v) is 5.30. The molecule has 0 atom stereocenters. The predicted octanol–water partition coefficient (Wildman–Crippen LogP) is 3.67. The number of furan rings is 1. The Morgan fingerprint density at radius 1 is 1.12 bits per heavy atom. The maximum Gasteiger partial charge on any atom is 0.390 e. The second kappa shape index (κ2) is 7.94. The van der Waals surface area contributed by atoms with Crippen molar-refractivity contribution in [3.8, 4) is 0 Å². The summed E-state index contributed by atoms with van der Waals surface area (Å²) in [6.45, 7) is 1.14. The van der Waals surface area contributed by atoms with E-state index in [2.05, 4.69) is 0 Å². The zero-order chi connectivity index (χ0) is 19.4. The molecule has 1 heterocycles. The van der Waals surface area contributed by atoms with Crippen LogP contribution < -0.4 is 0 Å². The minimum absolute atomic E-state index is 0.0454. The van der Waals surface area contributed by atoms with Crippen molar-refractivity contribution in [3.63, 3.8) is 0 Å². The Bertz CT molecular complexity index is 844. The van der Waals surface area contributed by atoms with Gasteiger partial charge in [0.1, 0.15) is 11.5 Å². The highest BCUT2D eigenvalue weighted by molar-refractivity contribution is 7.90. The molecule has 1 aromatic carbocycles. The van der Waals surface area contributed by atoms with E-state index in [4.69, 9.17) is 4.42 Å². The van der Waals surface area contributed by atoms with Crippen LogP contribution in [0, 0.1) is 0 Å². The smallest absolute Gasteiger partial charge is 0.390 e. The summed E-state index contributed by atoms with van der Waals surface area (Å²) in [7, 11) is -3.65. The van der Waals surface area contributed by atoms with Crippen molar-refractivity contribution in [1.29, 1.82) is 0 Å². The lowest BCUT2D eigenvalue weighted by Gasteiger charge is -2.20. The molecule has 0 aliphatic carbocycles. The standard InChI is InChI=1S/C17H18F3NO4S/c1-2-21(11-10-17(18,19)20)16(22)15-9-8-13(25-15)12-26(23,24)14-6-4-3-5-7-14/h3-9H,2,10-12H2,1H3. The molecule has 0 fully saturated rings. The Balaban J connectivity index is 2.10. The molecule has 0 aliphatic heterocycles. The van der Waals surface area contributed by atoms with Crippen molar-refractivity contribution in [2.45, 2.75) is 30.2 Å². The van der Waals surface area contributed by atoms with Crippen LogP contribution >= 0.6 is 0 Å². The molecule has 0 saturated heterocycles. The molecule has 9 heteroatoms. The van der Waals surface area contributed by atoms with Crippen molar-refractivity contribution in [3.05, 3.63) is 54.0 Å². The molecule has 0 spiro atoms. The highest BCUT2D eigenvalue weighted by atomic mass is 32.2. The van der Waals surface area contributed by atoms with Gasteiger partial charge in [0.05, 0.1) is 11.3 Å². The van der Waals surface area contributed by atoms with Crippen molar-refractivity contribution < 1.29 is 30.8 Å². The lowest BCUT2D eigenvalue weighted by atomic mass is 10.3. The maximum atomic E-state index is 12.3. The summed E-state index contributed by atoms with van der Waals surface area (Å²) in [6, 6.07) is 10.4. The predicted molar refractivity (Wildman–Crippen MR) is 88.3 cm³/mol. The van der Waals surface area contributed by atoms with Crippen LogP contribution in [0.3, 0.4) is 0 Å². The van der Waals surface area contributed by atoms with E-state index < -0.39 is 40.6 Å². The number of amides is 1. The zero-order valence-electron chi connectivity index (χ0n) is 14.0. The van der Waals surface area contributed by atoms with E-state index in [1.807, 2.05) is 0 Å². The highest BCUT2D eigenvalue weighted by Gasteiger charge is 2.29. The van der Waals surface area contributed by atoms with Crippen LogP contribution in [-0.4, -0.2) is 38.5 Å². The fourth-order valence-corrected chi connectivity index (χ4v) is 3.56. The number of benzene rings is 1. The molecule has 2 aromatic rings. The third kappa shape index (κ3) is 5.35. The number of nitrogens with zero attached hydrogens (tertiary/aromatic N) is 1. The molecule has 0 bridgehead atoms. The third-order valence-electron chi connectivity index (χ3n) is 3.64. The van der Waals surface area contributed by atoms with Gasteiger partial charge in [0.25, 0.3) is 5.91 Å². The number of carbonyl (C=O) groups excluding carboxylic acids is 1. The summed E-state index contributed by atoms with van der Waals surface area (Å²) in [5.74, 6) is -1.30. The fourth-order valence-electron chi connectivity index (χ4n) is 2.29. The minimum Gasteiger partial charge on any atom is -0.455 e. The van der Waals surface area contributed by atoms with Gasteiger partial charge in [-0.1, -0.05) is 18.2 Å². The lowest BCUT2D eigenvalue weighted by molar-refractivity contribution is -0.136. The van der Waals surface area contributed by atoms with Crippen molar-refractivity contribution in [2.24, 2.45) is 0 Å². The normalized spacial score (nSPS) is 12.2. The highest BCUT2D eigenvalue weighted by Crippen LogP contribution is 2.22. The molecule has 0 N–H and O–H groups in total. The fraction of sp³-hybridized carbons (Fsp3) is 0.353. The van der Waals surface area contributed by atoms with Crippen LogP contribution in [0.1, 0.15) is 29.7 Å². The second-order valence-electron chi connectivity index (χ2n) is 5.59. The average Bonchev–Trinajstić information content (AvgIpc) is 3.03. The number of carbonyl (C=O) groups is 1. The van der Waals surface area contributed by atoms with Gasteiger partial charge in [0.15, 0.2) is 15.6 Å². The van der Waals surface area contributed by atoms with Gasteiger partial charge in [0, 0.05) is 13.1 Å². The first-order chi connectivity index (χ1) is 12.1. The molecule has 142 valence electrons. The largest absolute Gasteiger partial charge is 0.455 e. The van der Waals surface area contributed by atoms with E-state index >= 15 is 0 Å². The van der Waals surface area contributed by atoms with Crippen molar-refractivity contribution in [1.82, 2.24) is 4.90 Å². The summed E-state index contributed by atoms with van der Waals surface area (Å²) in [5.41, 5.74) is 0. The lowest BCUT2D eigenvalue weighted by Crippen LogP contribution is -2.33. The Hall–Kier alpha value is -2.29. The van der Waals surface area contributed by atoms with E-state index in [0.29, 0.717) is 0 Å². The first kappa shape index (κ1) is 20.0. The van der Waals surface area contributed by atoms with Crippen LogP contribution in [0.5, 0.6) is 0 Å². The SMILES string of the molecule is CCN(CCC(F)(F)F)C(=O)c1ccc(CS(=O)(=O)c2ccccc2)o1. The van der Waals surface area contributed by atoms with Gasteiger partial charge in [0.2, 0.25) is 0 Å². The van der Waals surface area contributed by atoms with Gasteiger partial charge >= 0.3 is 6.18 Å². The Kier molecular flexibility index (Phi) is 6.12. The second-order valence-corrected chi connectivity index (χ2v) is 7.58. The number of hydrogen-bond donors (Lipinski definition) is 0. The van der Waals surface area contributed by atoms with Crippen LogP contribution in [0.25, 0.3) is 0 Å². The Morgan fingerprint density at radius 2 is 1.77 bits per heavy atom. The molecule has 2 rings (SSSR count). The quantitative estimate of drug-likeness (QED) is 0.725. The Labute approximate surface area is 149 Å². The van der Waals surface area contributed by atoms with Crippen molar-refractivity contribution in [2.75, 3.05) is 13.1 Å². The first-order valence-electron chi connectivity index (χ1n) is 7.85. The van der Waals surface area contributed by atoms with Gasteiger partial charge in [-0.2, -0.15) is 13.2 Å². The zero-order valence-corrected chi connectivity index (χ0v) is 14.8. The Morgan fingerprint density at radius 3 is 2.35 bits per heavy atom. The molecule has 1 aromatic heterocycles. The van der Waals surface area contributed by atoms with E-state index in [1.165, 1.54) is 24.3 Å². The molecule has 0 saturated carbocycles. The minimum atomic E-state index is -4.37. The molecule has 26 heavy (non-hydrogen) atoms. The van der Waals surface area contributed by atoms with Gasteiger partial charge < -0.3 is 9.32 Å². The summed E-state index contributed by atoms with van der Waals surface area (Å²) in [4.78, 5) is 13.4. The van der Waals surface area contributed by atoms with E-state index in [-0.39, 0.29) is 23.0 Å². The monoisotopic (exact) mass is 389 g/mol. The van der Waals surface area contributed by atoms with E-state index in [0.717, 1.165) is 4.90 Å². The van der Waals surface area contributed by atoms with Gasteiger partial charge in [-0.05, 0) is 31.2 Å². The molecule has 5 nitrogen and oxygen atoms in total. The van der Waals surface area contributed by atoms with Crippen LogP contribution in [0.2, 0.25) is 0 Å². The van der Waals surface area contributed by atoms with Crippen LogP contribution in [0.15, 0.2) is 51.8 Å². The molecular formula is C17H18F3NO4S. The first-order valence-corrected chi connectivity index (χ1v) is 9.50. The van der Waals surface area contributed by atoms with Gasteiger partial charge in [-0.15, -0.1) is 0 Å². The average molecular weight is 389 g/mol. The van der Waals surface area contributed by atoms with Gasteiger partial charge in [-0.25, -0.2) is 8.42 Å². The molecule has 0 aliphatic rings. The summed E-state index contributed by atoms with van der Waals surface area (Å²) < 4.78 is 66.9. The topological polar surface area (TPSA) is 67.6 Å². The van der Waals surface area contributed by atoms with E-state index in [1.54, 1.807) is 25.1 Å². The summed E-state index contributed by atoms with van der Waals surface area (Å²) in [5, 5.41) is 0. The number of hydrogen-bond acceptors (Lipinski definition) is 4. The van der Waals surface area contributed by atoms with E-state index in [9.17, 15) is 26.4 Å². The molecule has 1 amide bonds. The summed E-state index contributed by atoms with van der Waals surface area (Å²) >= 11 is 0. The maximum absolute atomic E-state index is 12.3. The van der Waals surface area contributed by atoms with Crippen LogP contribution in [0.4, 0.5) is 13.2 Å². The summed E-state index contributed by atoms with van der Waals surface area (Å²) in [6.07, 6.45) is -5.49. The number of rotatable bonds is 7. The van der Waals surface area contributed by atoms with Crippen molar-refractivity contribution >= 4 is 15.7 Å².